The molecular formula is C27H29N5O2. The zero-order valence-electron chi connectivity index (χ0n) is 19.2. The lowest BCUT2D eigenvalue weighted by molar-refractivity contribution is 0.0708. The van der Waals surface area contributed by atoms with E-state index in [4.69, 9.17) is 0 Å². The van der Waals surface area contributed by atoms with Crippen molar-refractivity contribution >= 4 is 17.5 Å². The molecule has 0 aliphatic carbocycles. The number of carbonyl (C=O) groups excluding carboxylic acids is 2. The summed E-state index contributed by atoms with van der Waals surface area (Å²) < 4.78 is 0. The van der Waals surface area contributed by atoms with Gasteiger partial charge in [-0.3, -0.25) is 14.6 Å². The van der Waals surface area contributed by atoms with Gasteiger partial charge in [-0.2, -0.15) is 0 Å². The second-order valence-corrected chi connectivity index (χ2v) is 8.99. The Balaban J connectivity index is 1.27. The first-order valence-corrected chi connectivity index (χ1v) is 12.0. The van der Waals surface area contributed by atoms with Crippen molar-refractivity contribution in [3.8, 4) is 11.3 Å². The smallest absolute Gasteiger partial charge is 0.275 e. The summed E-state index contributed by atoms with van der Waals surface area (Å²) in [6.45, 7) is 4.10. The fraction of sp³-hybridized carbons (Fsp3) is 0.333. The number of hydrogen-bond donors (Lipinski definition) is 1. The van der Waals surface area contributed by atoms with Gasteiger partial charge >= 0.3 is 0 Å². The number of nitrogens with one attached hydrogen (secondary N) is 1. The summed E-state index contributed by atoms with van der Waals surface area (Å²) >= 11 is 0. The van der Waals surface area contributed by atoms with Crippen LogP contribution >= 0.6 is 0 Å². The molecule has 7 heteroatoms. The van der Waals surface area contributed by atoms with Crippen molar-refractivity contribution in [3.05, 3.63) is 78.2 Å². The second-order valence-electron chi connectivity index (χ2n) is 8.99. The fourth-order valence-corrected chi connectivity index (χ4v) is 4.84. The van der Waals surface area contributed by atoms with Gasteiger partial charge in [-0.05, 0) is 63.0 Å². The quantitative estimate of drug-likeness (QED) is 0.606. The summed E-state index contributed by atoms with van der Waals surface area (Å²) in [7, 11) is 0. The van der Waals surface area contributed by atoms with E-state index in [-0.39, 0.29) is 17.5 Å². The lowest BCUT2D eigenvalue weighted by Gasteiger charge is -2.28. The summed E-state index contributed by atoms with van der Waals surface area (Å²) in [5.41, 5.74) is 3.03. The number of hydrogen-bond acceptors (Lipinski definition) is 5. The first kappa shape index (κ1) is 22.2. The summed E-state index contributed by atoms with van der Waals surface area (Å²) in [6.07, 6.45) is 7.75. The van der Waals surface area contributed by atoms with E-state index in [0.29, 0.717) is 23.0 Å². The molecule has 0 unspecified atom stereocenters. The third-order valence-corrected chi connectivity index (χ3v) is 6.63. The van der Waals surface area contributed by atoms with Crippen LogP contribution in [-0.2, 0) is 0 Å². The standard InChI is InChI=1S/C27H29N5O2/c33-26(29-22-7-2-1-3-8-22)25-18-28-17-24(30-25)20-10-12-21(13-11-20)27(34)32-16-6-9-23(32)19-31-14-4-5-15-31/h1-3,7-8,10-13,17-18,23H,4-6,9,14-16,19H2,(H,29,33)/t23-/m1/s1. The van der Waals surface area contributed by atoms with Gasteiger partial charge in [0.2, 0.25) is 0 Å². The predicted molar refractivity (Wildman–Crippen MR) is 132 cm³/mol. The normalized spacial score (nSPS) is 18.2. The molecule has 2 amide bonds. The van der Waals surface area contributed by atoms with E-state index >= 15 is 0 Å². The molecule has 2 aromatic carbocycles. The van der Waals surface area contributed by atoms with Crippen LogP contribution in [0.15, 0.2) is 67.0 Å². The second kappa shape index (κ2) is 10.1. The Kier molecular flexibility index (Phi) is 6.62. The maximum Gasteiger partial charge on any atom is 0.275 e. The Morgan fingerprint density at radius 2 is 1.68 bits per heavy atom. The van der Waals surface area contributed by atoms with E-state index in [1.807, 2.05) is 59.5 Å². The van der Waals surface area contributed by atoms with E-state index in [2.05, 4.69) is 20.2 Å². The highest BCUT2D eigenvalue weighted by Gasteiger charge is 2.31. The van der Waals surface area contributed by atoms with Gasteiger partial charge < -0.3 is 15.1 Å². The molecule has 174 valence electrons. The number of carbonyl (C=O) groups is 2. The zero-order valence-corrected chi connectivity index (χ0v) is 19.2. The van der Waals surface area contributed by atoms with Crippen LogP contribution in [0.3, 0.4) is 0 Å². The Morgan fingerprint density at radius 1 is 0.912 bits per heavy atom. The topological polar surface area (TPSA) is 78.4 Å². The van der Waals surface area contributed by atoms with Gasteiger partial charge in [0.05, 0.1) is 18.1 Å². The average molecular weight is 456 g/mol. The van der Waals surface area contributed by atoms with Crippen LogP contribution in [0.2, 0.25) is 0 Å². The molecule has 0 spiro atoms. The van der Waals surface area contributed by atoms with Gasteiger partial charge in [0.15, 0.2) is 0 Å². The van der Waals surface area contributed by atoms with Crippen molar-refractivity contribution in [3.63, 3.8) is 0 Å². The number of benzene rings is 2. The molecule has 3 heterocycles. The Hall–Kier alpha value is -3.58. The van der Waals surface area contributed by atoms with E-state index in [9.17, 15) is 9.59 Å². The zero-order chi connectivity index (χ0) is 23.3. The highest BCUT2D eigenvalue weighted by molar-refractivity contribution is 6.03. The van der Waals surface area contributed by atoms with Crippen molar-refractivity contribution in [2.75, 3.05) is 31.5 Å². The van der Waals surface area contributed by atoms with Gasteiger partial charge in [0.1, 0.15) is 5.69 Å². The molecule has 34 heavy (non-hydrogen) atoms. The van der Waals surface area contributed by atoms with Crippen molar-refractivity contribution in [1.29, 1.82) is 0 Å². The minimum atomic E-state index is -0.314. The van der Waals surface area contributed by atoms with Crippen LogP contribution in [0.5, 0.6) is 0 Å². The molecule has 1 atom stereocenters. The highest BCUT2D eigenvalue weighted by atomic mass is 16.2. The van der Waals surface area contributed by atoms with Crippen LogP contribution in [0.1, 0.15) is 46.5 Å². The maximum atomic E-state index is 13.2. The summed E-state index contributed by atoms with van der Waals surface area (Å²) in [4.78, 5) is 39.0. The lowest BCUT2D eigenvalue weighted by Crippen LogP contribution is -2.42. The third kappa shape index (κ3) is 4.99. The monoisotopic (exact) mass is 455 g/mol. The Labute approximate surface area is 199 Å². The molecule has 0 saturated carbocycles. The van der Waals surface area contributed by atoms with Gasteiger partial charge in [-0.25, -0.2) is 4.98 Å². The Morgan fingerprint density at radius 3 is 2.44 bits per heavy atom. The van der Waals surface area contributed by atoms with Gasteiger partial charge in [-0.15, -0.1) is 0 Å². The number of aromatic nitrogens is 2. The summed E-state index contributed by atoms with van der Waals surface area (Å²) in [6, 6.07) is 17.0. The average Bonchev–Trinajstić information content (AvgIpc) is 3.57. The molecule has 2 aliphatic rings. The largest absolute Gasteiger partial charge is 0.334 e. The van der Waals surface area contributed by atoms with Gasteiger partial charge in [0.25, 0.3) is 11.8 Å². The minimum Gasteiger partial charge on any atom is -0.334 e. The molecule has 1 aromatic heterocycles. The molecule has 0 bridgehead atoms. The number of likely N-dealkylation sites (tertiary alicyclic amines) is 2. The minimum absolute atomic E-state index is 0.0929. The Bertz CT molecular complexity index is 1140. The summed E-state index contributed by atoms with van der Waals surface area (Å²) in [5, 5.41) is 2.83. The number of amides is 2. The molecule has 5 rings (SSSR count). The van der Waals surface area contributed by atoms with Crippen LogP contribution in [0.4, 0.5) is 5.69 Å². The molecule has 2 aliphatic heterocycles. The lowest BCUT2D eigenvalue weighted by atomic mass is 10.1. The molecule has 0 radical (unpaired) electrons. The van der Waals surface area contributed by atoms with E-state index in [1.165, 1.54) is 19.0 Å². The molecule has 2 fully saturated rings. The molecule has 1 N–H and O–H groups in total. The van der Waals surface area contributed by atoms with Crippen molar-refractivity contribution in [1.82, 2.24) is 19.8 Å². The van der Waals surface area contributed by atoms with Gasteiger partial charge in [-0.1, -0.05) is 30.3 Å². The van der Waals surface area contributed by atoms with Crippen molar-refractivity contribution < 1.29 is 9.59 Å². The predicted octanol–water partition coefficient (Wildman–Crippen LogP) is 4.10. The number of rotatable bonds is 6. The first-order valence-electron chi connectivity index (χ1n) is 12.0. The molecule has 2 saturated heterocycles. The first-order chi connectivity index (χ1) is 16.7. The highest BCUT2D eigenvalue weighted by Crippen LogP contribution is 2.24. The number of nitrogens with zero attached hydrogens (tertiary/aromatic N) is 4. The van der Waals surface area contributed by atoms with Crippen LogP contribution < -0.4 is 5.32 Å². The molecule has 3 aromatic rings. The van der Waals surface area contributed by atoms with Crippen LogP contribution in [0.25, 0.3) is 11.3 Å². The SMILES string of the molecule is O=C(Nc1ccccc1)c1cncc(-c2ccc(C(=O)N3CCC[C@@H]3CN3CCCC3)cc2)n1. The van der Waals surface area contributed by atoms with Crippen LogP contribution in [0, 0.1) is 0 Å². The van der Waals surface area contributed by atoms with Crippen LogP contribution in [-0.4, -0.2) is 63.8 Å². The van der Waals surface area contributed by atoms with E-state index < -0.39 is 0 Å². The maximum absolute atomic E-state index is 13.2. The summed E-state index contributed by atoms with van der Waals surface area (Å²) in [5.74, 6) is -0.222. The fourth-order valence-electron chi connectivity index (χ4n) is 4.84. The molecular weight excluding hydrogens is 426 g/mol. The van der Waals surface area contributed by atoms with Crippen molar-refractivity contribution in [2.24, 2.45) is 0 Å². The van der Waals surface area contributed by atoms with E-state index in [1.54, 1.807) is 6.20 Å². The van der Waals surface area contributed by atoms with Crippen molar-refractivity contribution in [2.45, 2.75) is 31.7 Å². The number of para-hydroxylation sites is 1. The van der Waals surface area contributed by atoms with Gasteiger partial charge in [0, 0.05) is 35.9 Å². The van der Waals surface area contributed by atoms with E-state index in [0.717, 1.165) is 44.6 Å². The molecule has 7 nitrogen and oxygen atoms in total. The number of anilines is 1. The third-order valence-electron chi connectivity index (χ3n) is 6.63.